The molecule has 0 amide bonds. The molecule has 98 valence electrons. The number of ether oxygens (including phenoxy) is 1. The van der Waals surface area contributed by atoms with Crippen molar-refractivity contribution in [3.05, 3.63) is 46.1 Å². The van der Waals surface area contributed by atoms with Crippen LogP contribution in [-0.2, 0) is 13.0 Å². The van der Waals surface area contributed by atoms with Crippen LogP contribution in [0, 0.1) is 0 Å². The number of aromatic nitrogens is 1. The summed E-state index contributed by atoms with van der Waals surface area (Å²) in [6.07, 6.45) is 2.67. The second-order valence-electron chi connectivity index (χ2n) is 4.47. The Morgan fingerprint density at radius 1 is 1.37 bits per heavy atom. The standard InChI is InChI=1S/C14H14BrN3O/c15-11-5-9-2-4-19-14(9)10(6-11)8-18-12-1-3-17-13(16)7-12/h1,3,5-7H,2,4,8H2,(H3,16,17,18). The van der Waals surface area contributed by atoms with Crippen molar-refractivity contribution >= 4 is 27.4 Å². The Kier molecular flexibility index (Phi) is 3.29. The maximum absolute atomic E-state index is 5.70. The molecule has 0 saturated carbocycles. The predicted molar refractivity (Wildman–Crippen MR) is 79.3 cm³/mol. The first-order valence-corrected chi connectivity index (χ1v) is 6.91. The van der Waals surface area contributed by atoms with Crippen LogP contribution in [0.3, 0.4) is 0 Å². The minimum Gasteiger partial charge on any atom is -0.493 e. The zero-order valence-corrected chi connectivity index (χ0v) is 11.9. The molecule has 1 aliphatic heterocycles. The van der Waals surface area contributed by atoms with Crippen molar-refractivity contribution in [2.45, 2.75) is 13.0 Å². The number of anilines is 2. The van der Waals surface area contributed by atoms with Crippen LogP contribution in [-0.4, -0.2) is 11.6 Å². The second kappa shape index (κ2) is 5.09. The Morgan fingerprint density at radius 2 is 2.26 bits per heavy atom. The molecule has 0 radical (unpaired) electrons. The first-order valence-electron chi connectivity index (χ1n) is 6.12. The third kappa shape index (κ3) is 2.66. The van der Waals surface area contributed by atoms with Crippen molar-refractivity contribution in [2.75, 3.05) is 17.7 Å². The van der Waals surface area contributed by atoms with Gasteiger partial charge in [-0.3, -0.25) is 0 Å². The lowest BCUT2D eigenvalue weighted by molar-refractivity contribution is 0.354. The first kappa shape index (κ1) is 12.3. The summed E-state index contributed by atoms with van der Waals surface area (Å²) in [6.45, 7) is 1.46. The van der Waals surface area contributed by atoms with E-state index in [-0.39, 0.29) is 0 Å². The van der Waals surface area contributed by atoms with Gasteiger partial charge in [0.05, 0.1) is 6.61 Å². The molecule has 4 nitrogen and oxygen atoms in total. The quantitative estimate of drug-likeness (QED) is 0.913. The number of benzene rings is 1. The van der Waals surface area contributed by atoms with E-state index >= 15 is 0 Å². The van der Waals surface area contributed by atoms with Gasteiger partial charge < -0.3 is 15.8 Å². The Bertz CT molecular complexity index is 616. The van der Waals surface area contributed by atoms with Gasteiger partial charge in [0.15, 0.2) is 0 Å². The van der Waals surface area contributed by atoms with Gasteiger partial charge in [-0.15, -0.1) is 0 Å². The van der Waals surface area contributed by atoms with Crippen molar-refractivity contribution < 1.29 is 4.74 Å². The highest BCUT2D eigenvalue weighted by Gasteiger charge is 2.17. The molecule has 0 saturated heterocycles. The molecule has 1 aliphatic rings. The maximum atomic E-state index is 5.70. The van der Waals surface area contributed by atoms with Crippen molar-refractivity contribution in [1.82, 2.24) is 4.98 Å². The van der Waals surface area contributed by atoms with Gasteiger partial charge in [0, 0.05) is 41.0 Å². The van der Waals surface area contributed by atoms with Crippen LogP contribution in [0.15, 0.2) is 34.9 Å². The number of rotatable bonds is 3. The van der Waals surface area contributed by atoms with E-state index in [0.29, 0.717) is 12.4 Å². The lowest BCUT2D eigenvalue weighted by Gasteiger charge is -2.11. The minimum absolute atomic E-state index is 0.515. The van der Waals surface area contributed by atoms with Crippen LogP contribution < -0.4 is 15.8 Å². The van der Waals surface area contributed by atoms with E-state index < -0.39 is 0 Å². The van der Waals surface area contributed by atoms with Crippen LogP contribution in [0.5, 0.6) is 5.75 Å². The van der Waals surface area contributed by atoms with Crippen LogP contribution in [0.2, 0.25) is 0 Å². The maximum Gasteiger partial charge on any atom is 0.127 e. The van der Waals surface area contributed by atoms with Crippen LogP contribution in [0.25, 0.3) is 0 Å². The molecule has 0 aliphatic carbocycles. The van der Waals surface area contributed by atoms with Gasteiger partial charge in [-0.2, -0.15) is 0 Å². The molecule has 5 heteroatoms. The topological polar surface area (TPSA) is 60.2 Å². The van der Waals surface area contributed by atoms with Crippen molar-refractivity contribution in [3.8, 4) is 5.75 Å². The van der Waals surface area contributed by atoms with Gasteiger partial charge in [0.25, 0.3) is 0 Å². The number of nitrogens with one attached hydrogen (secondary N) is 1. The Hall–Kier alpha value is -1.75. The summed E-state index contributed by atoms with van der Waals surface area (Å²) >= 11 is 3.54. The van der Waals surface area contributed by atoms with Gasteiger partial charge in [0.2, 0.25) is 0 Å². The van der Waals surface area contributed by atoms with E-state index in [4.69, 9.17) is 10.5 Å². The summed E-state index contributed by atoms with van der Waals surface area (Å²) in [5.74, 6) is 1.53. The highest BCUT2D eigenvalue weighted by Crippen LogP contribution is 2.33. The monoisotopic (exact) mass is 319 g/mol. The van der Waals surface area contributed by atoms with E-state index in [2.05, 4.69) is 38.4 Å². The fraction of sp³-hybridized carbons (Fsp3) is 0.214. The molecule has 0 atom stereocenters. The minimum atomic E-state index is 0.515. The molecule has 19 heavy (non-hydrogen) atoms. The van der Waals surface area contributed by atoms with E-state index in [9.17, 15) is 0 Å². The summed E-state index contributed by atoms with van der Waals surface area (Å²) in [5.41, 5.74) is 9.03. The van der Waals surface area contributed by atoms with Crippen LogP contribution in [0.1, 0.15) is 11.1 Å². The summed E-state index contributed by atoms with van der Waals surface area (Å²) in [7, 11) is 0. The molecular formula is C14H14BrN3O. The second-order valence-corrected chi connectivity index (χ2v) is 5.39. The molecule has 1 aromatic carbocycles. The largest absolute Gasteiger partial charge is 0.493 e. The molecule has 1 aromatic heterocycles. The fourth-order valence-corrected chi connectivity index (χ4v) is 2.79. The number of nitrogen functional groups attached to an aromatic ring is 1. The lowest BCUT2D eigenvalue weighted by Crippen LogP contribution is -2.02. The third-order valence-corrected chi connectivity index (χ3v) is 3.55. The van der Waals surface area contributed by atoms with Gasteiger partial charge in [-0.1, -0.05) is 15.9 Å². The first-order chi connectivity index (χ1) is 9.22. The van der Waals surface area contributed by atoms with Crippen LogP contribution >= 0.6 is 15.9 Å². The average molecular weight is 320 g/mol. The summed E-state index contributed by atoms with van der Waals surface area (Å²) in [4.78, 5) is 3.97. The number of halogens is 1. The molecule has 3 rings (SSSR count). The smallest absolute Gasteiger partial charge is 0.127 e. The Morgan fingerprint density at radius 3 is 3.11 bits per heavy atom. The summed E-state index contributed by atoms with van der Waals surface area (Å²) in [6, 6.07) is 7.92. The highest BCUT2D eigenvalue weighted by molar-refractivity contribution is 9.10. The number of hydrogen-bond acceptors (Lipinski definition) is 4. The molecule has 0 fully saturated rings. The SMILES string of the molecule is Nc1cc(NCc2cc(Br)cc3c2OCC3)ccn1. The number of hydrogen-bond donors (Lipinski definition) is 2. The number of pyridine rings is 1. The Balaban J connectivity index is 1.81. The summed E-state index contributed by atoms with van der Waals surface area (Å²) < 4.78 is 6.78. The fourth-order valence-electron chi connectivity index (χ4n) is 2.23. The highest BCUT2D eigenvalue weighted by atomic mass is 79.9. The molecular weight excluding hydrogens is 306 g/mol. The molecule has 0 unspecified atom stereocenters. The molecule has 2 heterocycles. The van der Waals surface area contributed by atoms with Gasteiger partial charge in [-0.05, 0) is 23.8 Å². The lowest BCUT2D eigenvalue weighted by atomic mass is 10.1. The third-order valence-electron chi connectivity index (χ3n) is 3.09. The van der Waals surface area contributed by atoms with E-state index in [1.54, 1.807) is 6.20 Å². The van der Waals surface area contributed by atoms with Crippen molar-refractivity contribution in [1.29, 1.82) is 0 Å². The van der Waals surface area contributed by atoms with Crippen LogP contribution in [0.4, 0.5) is 11.5 Å². The summed E-state index contributed by atoms with van der Waals surface area (Å²) in [5, 5.41) is 3.34. The zero-order chi connectivity index (χ0) is 13.2. The van der Waals surface area contributed by atoms with Gasteiger partial charge >= 0.3 is 0 Å². The van der Waals surface area contributed by atoms with E-state index in [0.717, 1.165) is 34.5 Å². The number of nitrogens with zero attached hydrogens (tertiary/aromatic N) is 1. The molecule has 0 spiro atoms. The van der Waals surface area contributed by atoms with E-state index in [1.165, 1.54) is 5.56 Å². The predicted octanol–water partition coefficient (Wildman–Crippen LogP) is 2.97. The zero-order valence-electron chi connectivity index (χ0n) is 10.3. The van der Waals surface area contributed by atoms with Crippen molar-refractivity contribution in [2.24, 2.45) is 0 Å². The van der Waals surface area contributed by atoms with Gasteiger partial charge in [-0.25, -0.2) is 4.98 Å². The average Bonchev–Trinajstić information content (AvgIpc) is 2.84. The molecule has 3 N–H and O–H groups in total. The molecule has 2 aromatic rings. The van der Waals surface area contributed by atoms with E-state index in [1.807, 2.05) is 12.1 Å². The normalized spacial score (nSPS) is 12.9. The Labute approximate surface area is 120 Å². The molecule has 0 bridgehead atoms. The van der Waals surface area contributed by atoms with Gasteiger partial charge in [0.1, 0.15) is 11.6 Å². The number of fused-ring (bicyclic) bond motifs is 1. The number of nitrogens with two attached hydrogens (primary N) is 1. The van der Waals surface area contributed by atoms with Crippen molar-refractivity contribution in [3.63, 3.8) is 0 Å².